The Morgan fingerprint density at radius 2 is 2.00 bits per heavy atom. The lowest BCUT2D eigenvalue weighted by atomic mass is 10.1. The van der Waals surface area contributed by atoms with E-state index in [1.807, 2.05) is 42.7 Å². The number of rotatable bonds is 4. The molecular formula is C20H22N4O2. The zero-order valence-corrected chi connectivity index (χ0v) is 14.8. The van der Waals surface area contributed by atoms with E-state index in [2.05, 4.69) is 14.5 Å². The molecule has 1 saturated heterocycles. The Balaban J connectivity index is 1.54. The molecule has 0 bridgehead atoms. The lowest BCUT2D eigenvalue weighted by Gasteiger charge is -2.23. The van der Waals surface area contributed by atoms with Gasteiger partial charge in [-0.1, -0.05) is 30.3 Å². The number of imidazole rings is 1. The van der Waals surface area contributed by atoms with Crippen LogP contribution in [0.4, 0.5) is 0 Å². The fourth-order valence-corrected chi connectivity index (χ4v) is 3.42. The van der Waals surface area contributed by atoms with Crippen LogP contribution in [0, 0.1) is 0 Å². The molecular weight excluding hydrogens is 328 g/mol. The van der Waals surface area contributed by atoms with E-state index in [0.29, 0.717) is 18.2 Å². The molecule has 1 amide bonds. The first-order valence-electron chi connectivity index (χ1n) is 8.92. The molecule has 0 saturated carbocycles. The highest BCUT2D eigenvalue weighted by Crippen LogP contribution is 2.25. The molecule has 0 atom stereocenters. The highest BCUT2D eigenvalue weighted by atomic mass is 16.5. The number of pyridine rings is 1. The molecule has 134 valence electrons. The third-order valence-electron chi connectivity index (χ3n) is 4.85. The quantitative estimate of drug-likeness (QED) is 0.726. The maximum atomic E-state index is 12.7. The van der Waals surface area contributed by atoms with Gasteiger partial charge in [0, 0.05) is 39.0 Å². The summed E-state index contributed by atoms with van der Waals surface area (Å²) in [6, 6.07) is 12.2. The molecule has 26 heavy (non-hydrogen) atoms. The fraction of sp³-hybridized carbons (Fsp3) is 0.350. The van der Waals surface area contributed by atoms with Gasteiger partial charge in [-0.15, -0.1) is 0 Å². The number of benzene rings is 1. The van der Waals surface area contributed by atoms with Crippen molar-refractivity contribution in [2.24, 2.45) is 0 Å². The summed E-state index contributed by atoms with van der Waals surface area (Å²) >= 11 is 0. The van der Waals surface area contributed by atoms with Gasteiger partial charge in [-0.3, -0.25) is 4.79 Å². The zero-order chi connectivity index (χ0) is 17.9. The van der Waals surface area contributed by atoms with Crippen LogP contribution in [-0.4, -0.2) is 45.6 Å². The summed E-state index contributed by atoms with van der Waals surface area (Å²) in [5, 5.41) is 0. The number of ether oxygens (including phenoxy) is 1. The summed E-state index contributed by atoms with van der Waals surface area (Å²) in [5.41, 5.74) is 3.25. The van der Waals surface area contributed by atoms with Gasteiger partial charge in [-0.2, -0.15) is 0 Å². The third-order valence-corrected chi connectivity index (χ3v) is 4.85. The van der Waals surface area contributed by atoms with Crippen LogP contribution < -0.4 is 0 Å². The van der Waals surface area contributed by atoms with Gasteiger partial charge in [-0.25, -0.2) is 9.97 Å². The van der Waals surface area contributed by atoms with Gasteiger partial charge in [0.05, 0.1) is 11.9 Å². The van der Waals surface area contributed by atoms with Crippen molar-refractivity contribution in [3.63, 3.8) is 0 Å². The normalized spacial score (nSPS) is 15.3. The van der Waals surface area contributed by atoms with Gasteiger partial charge in [0.1, 0.15) is 5.52 Å². The Hall–Kier alpha value is -2.73. The Morgan fingerprint density at radius 1 is 1.23 bits per heavy atom. The molecule has 0 radical (unpaired) electrons. The highest BCUT2D eigenvalue weighted by Gasteiger charge is 2.20. The summed E-state index contributed by atoms with van der Waals surface area (Å²) in [6.45, 7) is 2.10. The number of aromatic nitrogens is 3. The number of nitrogens with zero attached hydrogens (tertiary/aromatic N) is 4. The molecule has 4 rings (SSSR count). The summed E-state index contributed by atoms with van der Waals surface area (Å²) in [7, 11) is 1.81. The van der Waals surface area contributed by atoms with Gasteiger partial charge in [0.2, 0.25) is 0 Å². The van der Waals surface area contributed by atoms with E-state index in [-0.39, 0.29) is 5.91 Å². The Bertz CT molecular complexity index is 901. The number of carbonyl (C=O) groups excluding carboxylic acids is 1. The number of amides is 1. The largest absolute Gasteiger partial charge is 0.381 e. The minimum Gasteiger partial charge on any atom is -0.381 e. The molecule has 1 aliphatic heterocycles. The summed E-state index contributed by atoms with van der Waals surface area (Å²) in [4.78, 5) is 23.4. The highest BCUT2D eigenvalue weighted by molar-refractivity contribution is 5.96. The first-order valence-corrected chi connectivity index (χ1v) is 8.92. The van der Waals surface area contributed by atoms with Crippen LogP contribution in [0.1, 0.15) is 34.8 Å². The predicted molar refractivity (Wildman–Crippen MR) is 98.9 cm³/mol. The van der Waals surface area contributed by atoms with Crippen LogP contribution in [-0.2, 0) is 11.3 Å². The number of fused-ring (bicyclic) bond motifs is 1. The van der Waals surface area contributed by atoms with Crippen molar-refractivity contribution < 1.29 is 9.53 Å². The van der Waals surface area contributed by atoms with Gasteiger partial charge in [0.25, 0.3) is 5.91 Å². The molecule has 2 aromatic heterocycles. The van der Waals surface area contributed by atoms with E-state index >= 15 is 0 Å². The van der Waals surface area contributed by atoms with Gasteiger partial charge in [0.15, 0.2) is 5.65 Å². The Labute approximate surface area is 152 Å². The SMILES string of the molecule is CN(Cc1ccccc1)C(=O)c1cnc2c(c1)ncn2C1CCOCC1. The van der Waals surface area contributed by atoms with Crippen molar-refractivity contribution >= 4 is 17.1 Å². The van der Waals surface area contributed by atoms with Crippen LogP contribution in [0.3, 0.4) is 0 Å². The van der Waals surface area contributed by atoms with E-state index in [1.54, 1.807) is 18.1 Å². The molecule has 6 heteroatoms. The average Bonchev–Trinajstić information content (AvgIpc) is 3.12. The van der Waals surface area contributed by atoms with Crippen LogP contribution >= 0.6 is 0 Å². The van der Waals surface area contributed by atoms with Crippen LogP contribution in [0.5, 0.6) is 0 Å². The van der Waals surface area contributed by atoms with Crippen molar-refractivity contribution in [2.45, 2.75) is 25.4 Å². The van der Waals surface area contributed by atoms with E-state index in [1.165, 1.54) is 0 Å². The van der Waals surface area contributed by atoms with Crippen molar-refractivity contribution in [3.8, 4) is 0 Å². The van der Waals surface area contributed by atoms with Crippen molar-refractivity contribution in [3.05, 3.63) is 60.0 Å². The second kappa shape index (κ2) is 7.25. The summed E-state index contributed by atoms with van der Waals surface area (Å²) in [5.74, 6) is -0.0520. The first kappa shape index (κ1) is 16.7. The molecule has 3 heterocycles. The molecule has 0 spiro atoms. The fourth-order valence-electron chi connectivity index (χ4n) is 3.42. The van der Waals surface area contributed by atoms with Crippen molar-refractivity contribution in [1.82, 2.24) is 19.4 Å². The van der Waals surface area contributed by atoms with E-state index in [4.69, 9.17) is 4.74 Å². The Kier molecular flexibility index (Phi) is 4.67. The monoisotopic (exact) mass is 350 g/mol. The zero-order valence-electron chi connectivity index (χ0n) is 14.8. The van der Waals surface area contributed by atoms with Crippen LogP contribution in [0.2, 0.25) is 0 Å². The maximum absolute atomic E-state index is 12.7. The second-order valence-electron chi connectivity index (χ2n) is 6.71. The Morgan fingerprint density at radius 3 is 2.77 bits per heavy atom. The average molecular weight is 350 g/mol. The molecule has 1 fully saturated rings. The number of hydrogen-bond acceptors (Lipinski definition) is 4. The number of hydrogen-bond donors (Lipinski definition) is 0. The second-order valence-corrected chi connectivity index (χ2v) is 6.71. The van der Waals surface area contributed by atoms with Crippen molar-refractivity contribution in [2.75, 3.05) is 20.3 Å². The smallest absolute Gasteiger partial charge is 0.255 e. The van der Waals surface area contributed by atoms with Crippen LogP contribution in [0.15, 0.2) is 48.9 Å². The molecule has 0 N–H and O–H groups in total. The molecule has 0 aliphatic carbocycles. The standard InChI is InChI=1S/C20H22N4O2/c1-23(13-15-5-3-2-4-6-15)20(25)16-11-18-19(21-12-16)24(14-22-18)17-7-9-26-10-8-17/h2-6,11-12,14,17H,7-10,13H2,1H3. The molecule has 1 aromatic carbocycles. The maximum Gasteiger partial charge on any atom is 0.255 e. The number of carbonyl (C=O) groups is 1. The minimum atomic E-state index is -0.0520. The lowest BCUT2D eigenvalue weighted by Crippen LogP contribution is -2.26. The van der Waals surface area contributed by atoms with Crippen molar-refractivity contribution in [1.29, 1.82) is 0 Å². The predicted octanol–water partition coefficient (Wildman–Crippen LogP) is 3.06. The molecule has 0 unspecified atom stereocenters. The summed E-state index contributed by atoms with van der Waals surface area (Å²) < 4.78 is 7.54. The van der Waals surface area contributed by atoms with Gasteiger partial charge < -0.3 is 14.2 Å². The third kappa shape index (κ3) is 3.32. The van der Waals surface area contributed by atoms with Gasteiger partial charge >= 0.3 is 0 Å². The van der Waals surface area contributed by atoms with E-state index in [9.17, 15) is 4.79 Å². The first-order chi connectivity index (χ1) is 12.7. The van der Waals surface area contributed by atoms with Crippen LogP contribution in [0.25, 0.3) is 11.2 Å². The topological polar surface area (TPSA) is 60.2 Å². The minimum absolute atomic E-state index is 0.0520. The molecule has 6 nitrogen and oxygen atoms in total. The van der Waals surface area contributed by atoms with E-state index < -0.39 is 0 Å². The van der Waals surface area contributed by atoms with Gasteiger partial charge in [-0.05, 0) is 24.5 Å². The van der Waals surface area contributed by atoms with E-state index in [0.717, 1.165) is 42.8 Å². The summed E-state index contributed by atoms with van der Waals surface area (Å²) in [6.07, 6.45) is 5.42. The molecule has 1 aliphatic rings. The lowest BCUT2D eigenvalue weighted by molar-refractivity contribution is 0.0704. The molecule has 3 aromatic rings.